The van der Waals surface area contributed by atoms with Crippen molar-refractivity contribution in [2.75, 3.05) is 6.54 Å². The van der Waals surface area contributed by atoms with Crippen LogP contribution in [0.15, 0.2) is 42.7 Å². The van der Waals surface area contributed by atoms with E-state index in [4.69, 9.17) is 0 Å². The first-order valence-electron chi connectivity index (χ1n) is 7.84. The van der Waals surface area contributed by atoms with Gasteiger partial charge in [0.05, 0.1) is 18.8 Å². The number of benzene rings is 1. The Morgan fingerprint density at radius 2 is 2.30 bits per heavy atom. The Bertz CT molecular complexity index is 682. The highest BCUT2D eigenvalue weighted by atomic mass is 16.3. The van der Waals surface area contributed by atoms with Crippen LogP contribution in [0.5, 0.6) is 5.75 Å². The van der Waals surface area contributed by atoms with Gasteiger partial charge in [-0.25, -0.2) is 0 Å². The minimum atomic E-state index is -0.00171. The van der Waals surface area contributed by atoms with Crippen LogP contribution in [-0.4, -0.2) is 43.5 Å². The highest BCUT2D eigenvalue weighted by Crippen LogP contribution is 2.19. The van der Waals surface area contributed by atoms with E-state index in [9.17, 15) is 9.90 Å². The molecule has 120 valence electrons. The maximum atomic E-state index is 12.5. The third kappa shape index (κ3) is 3.97. The highest BCUT2D eigenvalue weighted by Gasteiger charge is 2.25. The van der Waals surface area contributed by atoms with E-state index in [0.29, 0.717) is 6.54 Å². The van der Waals surface area contributed by atoms with Crippen LogP contribution in [0, 0.1) is 0 Å². The Morgan fingerprint density at radius 1 is 1.39 bits per heavy atom. The molecule has 2 aromatic rings. The first-order valence-corrected chi connectivity index (χ1v) is 7.84. The normalized spacial score (nSPS) is 18.4. The number of hydrogen-bond acceptors (Lipinski definition) is 4. The van der Waals surface area contributed by atoms with E-state index < -0.39 is 0 Å². The lowest BCUT2D eigenvalue weighted by Crippen LogP contribution is -2.45. The van der Waals surface area contributed by atoms with Crippen molar-refractivity contribution in [3.8, 4) is 5.75 Å². The maximum Gasteiger partial charge on any atom is 0.246 e. The fourth-order valence-electron chi connectivity index (χ4n) is 2.92. The number of piperidine rings is 1. The first kappa shape index (κ1) is 15.3. The summed E-state index contributed by atoms with van der Waals surface area (Å²) in [6, 6.07) is 7.00. The number of carbonyl (C=O) groups excluding carboxylic acids is 1. The van der Waals surface area contributed by atoms with Crippen molar-refractivity contribution in [1.82, 2.24) is 19.9 Å². The quantitative estimate of drug-likeness (QED) is 0.877. The number of aromatic hydroxyl groups is 1. The Balaban J connectivity index is 1.68. The van der Waals surface area contributed by atoms with E-state index in [2.05, 4.69) is 10.3 Å². The SMILES string of the molecule is O=C(/C=C/c1cccc(O)c1)N1CCCC[C@H]1Cn1ccnn1. The zero-order valence-electron chi connectivity index (χ0n) is 12.9. The summed E-state index contributed by atoms with van der Waals surface area (Å²) < 4.78 is 1.77. The molecule has 3 rings (SSSR count). The summed E-state index contributed by atoms with van der Waals surface area (Å²) in [6.07, 6.45) is 9.92. The van der Waals surface area contributed by atoms with Crippen LogP contribution in [-0.2, 0) is 11.3 Å². The predicted molar refractivity (Wildman–Crippen MR) is 86.5 cm³/mol. The molecule has 0 unspecified atom stereocenters. The minimum absolute atomic E-state index is 0.00171. The lowest BCUT2D eigenvalue weighted by molar-refractivity contribution is -0.129. The molecule has 6 heteroatoms. The molecule has 1 aliphatic rings. The lowest BCUT2D eigenvalue weighted by atomic mass is 10.0. The van der Waals surface area contributed by atoms with E-state index in [1.807, 2.05) is 17.2 Å². The lowest BCUT2D eigenvalue weighted by Gasteiger charge is -2.35. The number of phenols is 1. The van der Waals surface area contributed by atoms with Crippen LogP contribution in [0.3, 0.4) is 0 Å². The van der Waals surface area contributed by atoms with Gasteiger partial charge >= 0.3 is 0 Å². The summed E-state index contributed by atoms with van der Waals surface area (Å²) in [5.74, 6) is 0.194. The molecule has 1 aromatic heterocycles. The monoisotopic (exact) mass is 312 g/mol. The molecule has 1 saturated heterocycles. The van der Waals surface area contributed by atoms with Gasteiger partial charge in [-0.15, -0.1) is 5.10 Å². The summed E-state index contributed by atoms with van der Waals surface area (Å²) in [5.41, 5.74) is 0.809. The van der Waals surface area contributed by atoms with Crippen molar-refractivity contribution in [3.05, 3.63) is 48.3 Å². The molecule has 1 amide bonds. The number of nitrogens with zero attached hydrogens (tertiary/aromatic N) is 4. The molecule has 0 bridgehead atoms. The molecule has 23 heavy (non-hydrogen) atoms. The molecular weight excluding hydrogens is 292 g/mol. The van der Waals surface area contributed by atoms with Crippen LogP contribution < -0.4 is 0 Å². The Labute approximate surface area is 135 Å². The molecule has 1 atom stereocenters. The summed E-state index contributed by atoms with van der Waals surface area (Å²) in [5, 5.41) is 17.3. The van der Waals surface area contributed by atoms with Gasteiger partial charge in [0.25, 0.3) is 0 Å². The van der Waals surface area contributed by atoms with Gasteiger partial charge in [0, 0.05) is 18.8 Å². The van der Waals surface area contributed by atoms with Crippen molar-refractivity contribution < 1.29 is 9.90 Å². The van der Waals surface area contributed by atoms with Crippen molar-refractivity contribution >= 4 is 12.0 Å². The van der Waals surface area contributed by atoms with Crippen LogP contribution in [0.1, 0.15) is 24.8 Å². The summed E-state index contributed by atoms with van der Waals surface area (Å²) in [7, 11) is 0. The smallest absolute Gasteiger partial charge is 0.246 e. The molecule has 0 radical (unpaired) electrons. The third-order valence-corrected chi connectivity index (χ3v) is 4.07. The van der Waals surface area contributed by atoms with Crippen molar-refractivity contribution in [2.45, 2.75) is 31.8 Å². The fraction of sp³-hybridized carbons (Fsp3) is 0.353. The maximum absolute atomic E-state index is 12.5. The number of hydrogen-bond donors (Lipinski definition) is 1. The summed E-state index contributed by atoms with van der Waals surface area (Å²) in [6.45, 7) is 1.44. The number of carbonyl (C=O) groups is 1. The van der Waals surface area contributed by atoms with Crippen LogP contribution in [0.2, 0.25) is 0 Å². The van der Waals surface area contributed by atoms with Crippen LogP contribution in [0.25, 0.3) is 6.08 Å². The summed E-state index contributed by atoms with van der Waals surface area (Å²) in [4.78, 5) is 14.4. The molecule has 1 aliphatic heterocycles. The third-order valence-electron chi connectivity index (χ3n) is 4.07. The van der Waals surface area contributed by atoms with Gasteiger partial charge in [0.15, 0.2) is 0 Å². The first-order chi connectivity index (χ1) is 11.2. The standard InChI is InChI=1S/C17H20N4O2/c22-16-6-3-4-14(12-16)7-8-17(23)21-10-2-1-5-15(21)13-20-11-9-18-19-20/h3-4,6-9,11-12,15,22H,1-2,5,10,13H2/b8-7+/t15-/m0/s1. The fourth-order valence-corrected chi connectivity index (χ4v) is 2.92. The number of phenolic OH excluding ortho intramolecular Hbond substituents is 1. The minimum Gasteiger partial charge on any atom is -0.508 e. The van der Waals surface area contributed by atoms with E-state index >= 15 is 0 Å². The Morgan fingerprint density at radius 3 is 3.09 bits per heavy atom. The second kappa shape index (κ2) is 7.09. The van der Waals surface area contributed by atoms with E-state index in [-0.39, 0.29) is 17.7 Å². The second-order valence-corrected chi connectivity index (χ2v) is 5.73. The molecule has 0 aliphatic carbocycles. The molecule has 0 spiro atoms. The topological polar surface area (TPSA) is 71.2 Å². The molecule has 1 N–H and O–H groups in total. The molecular formula is C17H20N4O2. The van der Waals surface area contributed by atoms with Gasteiger partial charge in [-0.05, 0) is 43.0 Å². The van der Waals surface area contributed by atoms with Crippen LogP contribution >= 0.6 is 0 Å². The number of amides is 1. The number of rotatable bonds is 4. The van der Waals surface area contributed by atoms with Gasteiger partial charge in [-0.2, -0.15) is 0 Å². The van der Waals surface area contributed by atoms with Crippen molar-refractivity contribution in [3.63, 3.8) is 0 Å². The average molecular weight is 312 g/mol. The number of likely N-dealkylation sites (tertiary alicyclic amines) is 1. The van der Waals surface area contributed by atoms with Gasteiger partial charge in [-0.1, -0.05) is 17.3 Å². The van der Waals surface area contributed by atoms with Gasteiger partial charge in [-0.3, -0.25) is 9.48 Å². The van der Waals surface area contributed by atoms with Crippen molar-refractivity contribution in [2.24, 2.45) is 0 Å². The second-order valence-electron chi connectivity index (χ2n) is 5.73. The van der Waals surface area contributed by atoms with Gasteiger partial charge < -0.3 is 10.0 Å². The van der Waals surface area contributed by atoms with Crippen LogP contribution in [0.4, 0.5) is 0 Å². The molecule has 1 fully saturated rings. The Kier molecular flexibility index (Phi) is 4.71. The van der Waals surface area contributed by atoms with E-state index in [1.54, 1.807) is 41.2 Å². The Hall–Kier alpha value is -2.63. The van der Waals surface area contributed by atoms with E-state index in [0.717, 1.165) is 31.4 Å². The van der Waals surface area contributed by atoms with Gasteiger partial charge in [0.1, 0.15) is 5.75 Å². The molecule has 0 saturated carbocycles. The largest absolute Gasteiger partial charge is 0.508 e. The van der Waals surface area contributed by atoms with E-state index in [1.165, 1.54) is 0 Å². The molecule has 1 aromatic carbocycles. The summed E-state index contributed by atoms with van der Waals surface area (Å²) >= 11 is 0. The predicted octanol–water partition coefficient (Wildman–Crippen LogP) is 2.08. The van der Waals surface area contributed by atoms with Crippen molar-refractivity contribution in [1.29, 1.82) is 0 Å². The average Bonchev–Trinajstić information content (AvgIpc) is 3.06. The zero-order valence-corrected chi connectivity index (χ0v) is 12.9. The molecule has 6 nitrogen and oxygen atoms in total. The van der Waals surface area contributed by atoms with Gasteiger partial charge in [0.2, 0.25) is 5.91 Å². The highest BCUT2D eigenvalue weighted by molar-refractivity contribution is 5.92. The molecule has 2 heterocycles. The number of aromatic nitrogens is 3. The zero-order chi connectivity index (χ0) is 16.1.